The van der Waals surface area contributed by atoms with Gasteiger partial charge in [0.15, 0.2) is 5.78 Å². The highest BCUT2D eigenvalue weighted by molar-refractivity contribution is 5.98. The molecule has 5 heteroatoms. The molecule has 3 heterocycles. The Morgan fingerprint density at radius 1 is 1.19 bits per heavy atom. The van der Waals surface area contributed by atoms with Crippen molar-refractivity contribution in [2.45, 2.75) is 31.5 Å². The fraction of sp³-hybridized carbons (Fsp3) is 0.381. The van der Waals surface area contributed by atoms with Crippen LogP contribution in [0.2, 0.25) is 0 Å². The third-order valence-electron chi connectivity index (χ3n) is 5.40. The molecule has 2 aliphatic heterocycles. The van der Waals surface area contributed by atoms with Crippen LogP contribution in [0.15, 0.2) is 48.8 Å². The molecular weight excluding hydrogens is 326 g/mol. The lowest BCUT2D eigenvalue weighted by Crippen LogP contribution is -2.57. The van der Waals surface area contributed by atoms with Gasteiger partial charge in [0, 0.05) is 42.5 Å². The second-order valence-corrected chi connectivity index (χ2v) is 7.11. The summed E-state index contributed by atoms with van der Waals surface area (Å²) in [7, 11) is 0. The number of hydrogen-bond acceptors (Lipinski definition) is 5. The number of nitrogens with zero attached hydrogens (tertiary/aromatic N) is 3. The molecule has 0 spiro atoms. The van der Waals surface area contributed by atoms with Crippen LogP contribution in [0, 0.1) is 17.2 Å². The van der Waals surface area contributed by atoms with E-state index in [9.17, 15) is 4.79 Å². The molecule has 0 aliphatic carbocycles. The average molecular weight is 347 g/mol. The molecule has 26 heavy (non-hydrogen) atoms. The van der Waals surface area contributed by atoms with E-state index in [-0.39, 0.29) is 23.8 Å². The van der Waals surface area contributed by atoms with E-state index in [0.717, 1.165) is 19.4 Å². The molecule has 2 atom stereocenters. The van der Waals surface area contributed by atoms with Gasteiger partial charge in [-0.15, -0.1) is 0 Å². The van der Waals surface area contributed by atoms with Gasteiger partial charge in [0.25, 0.3) is 0 Å². The van der Waals surface area contributed by atoms with Gasteiger partial charge in [-0.05, 0) is 24.5 Å². The molecule has 132 valence electrons. The number of ether oxygens (including phenoxy) is 1. The van der Waals surface area contributed by atoms with E-state index in [0.29, 0.717) is 24.3 Å². The van der Waals surface area contributed by atoms with Crippen LogP contribution in [-0.4, -0.2) is 41.0 Å². The van der Waals surface area contributed by atoms with Gasteiger partial charge in [0.2, 0.25) is 0 Å². The summed E-state index contributed by atoms with van der Waals surface area (Å²) in [6.07, 6.45) is 4.64. The minimum Gasteiger partial charge on any atom is -0.378 e. The highest BCUT2D eigenvalue weighted by Crippen LogP contribution is 2.34. The summed E-state index contributed by atoms with van der Waals surface area (Å²) in [6, 6.07) is 14.7. The van der Waals surface area contributed by atoms with Crippen LogP contribution in [0.5, 0.6) is 0 Å². The molecule has 2 unspecified atom stereocenters. The van der Waals surface area contributed by atoms with E-state index >= 15 is 0 Å². The second kappa shape index (κ2) is 7.36. The van der Waals surface area contributed by atoms with E-state index in [1.54, 1.807) is 12.3 Å². The van der Waals surface area contributed by atoms with Gasteiger partial charge >= 0.3 is 0 Å². The van der Waals surface area contributed by atoms with Crippen LogP contribution < -0.4 is 0 Å². The monoisotopic (exact) mass is 347 g/mol. The van der Waals surface area contributed by atoms with Gasteiger partial charge in [-0.25, -0.2) is 0 Å². The number of hydrogen-bond donors (Lipinski definition) is 0. The number of aromatic nitrogens is 1. The molecule has 0 saturated carbocycles. The molecule has 1 aromatic heterocycles. The van der Waals surface area contributed by atoms with E-state index in [1.807, 2.05) is 6.07 Å². The second-order valence-electron chi connectivity index (χ2n) is 7.11. The molecule has 1 aromatic carbocycles. The minimum absolute atomic E-state index is 0.0309. The normalized spacial score (nSPS) is 25.4. The van der Waals surface area contributed by atoms with Crippen LogP contribution in [0.4, 0.5) is 0 Å². The number of morpholine rings is 1. The minimum atomic E-state index is -0.0309. The van der Waals surface area contributed by atoms with Crippen molar-refractivity contribution in [1.82, 2.24) is 9.88 Å². The number of rotatable bonds is 4. The first-order valence-electron chi connectivity index (χ1n) is 9.01. The molecule has 2 bridgehead atoms. The van der Waals surface area contributed by atoms with Crippen molar-refractivity contribution < 1.29 is 9.53 Å². The Hall–Kier alpha value is -2.55. The number of fused-ring (bicyclic) bond motifs is 2. The Kier molecular flexibility index (Phi) is 4.79. The van der Waals surface area contributed by atoms with E-state index in [1.165, 1.54) is 11.8 Å². The number of piperidine rings is 1. The Balaban J connectivity index is 1.50. The highest BCUT2D eigenvalue weighted by Gasteiger charge is 2.41. The molecule has 0 amide bonds. The predicted octanol–water partition coefficient (Wildman–Crippen LogP) is 2.82. The van der Waals surface area contributed by atoms with Crippen LogP contribution in [0.1, 0.15) is 34.3 Å². The summed E-state index contributed by atoms with van der Waals surface area (Å²) in [5, 5.41) is 9.04. The number of nitriles is 1. The number of benzene rings is 1. The van der Waals surface area contributed by atoms with Gasteiger partial charge in [0.1, 0.15) is 6.07 Å². The molecule has 0 radical (unpaired) electrons. The molecule has 2 aliphatic rings. The van der Waals surface area contributed by atoms with Crippen LogP contribution >= 0.6 is 0 Å². The molecule has 5 nitrogen and oxygen atoms in total. The van der Waals surface area contributed by atoms with Crippen molar-refractivity contribution in [2.24, 2.45) is 5.92 Å². The summed E-state index contributed by atoms with van der Waals surface area (Å²) in [5.41, 5.74) is 2.27. The van der Waals surface area contributed by atoms with Gasteiger partial charge in [0.05, 0.1) is 18.8 Å². The molecule has 4 rings (SSSR count). The maximum absolute atomic E-state index is 13.0. The quantitative estimate of drug-likeness (QED) is 0.796. The maximum atomic E-state index is 13.0. The first kappa shape index (κ1) is 16.9. The van der Waals surface area contributed by atoms with Gasteiger partial charge in [-0.2, -0.15) is 5.26 Å². The number of Topliss-reactive ketones (excluding diaryl/α,β-unsaturated/α-hetero) is 1. The van der Waals surface area contributed by atoms with Crippen molar-refractivity contribution >= 4 is 5.78 Å². The maximum Gasteiger partial charge on any atom is 0.167 e. The van der Waals surface area contributed by atoms with Crippen LogP contribution in [-0.2, 0) is 11.3 Å². The predicted molar refractivity (Wildman–Crippen MR) is 96.4 cm³/mol. The summed E-state index contributed by atoms with van der Waals surface area (Å²) >= 11 is 0. The van der Waals surface area contributed by atoms with Gasteiger partial charge in [-0.3, -0.25) is 14.7 Å². The lowest BCUT2D eigenvalue weighted by Gasteiger charge is -2.48. The topological polar surface area (TPSA) is 66.2 Å². The van der Waals surface area contributed by atoms with Gasteiger partial charge < -0.3 is 4.74 Å². The van der Waals surface area contributed by atoms with Crippen molar-refractivity contribution in [3.8, 4) is 6.07 Å². The Morgan fingerprint density at radius 2 is 1.92 bits per heavy atom. The van der Waals surface area contributed by atoms with Crippen molar-refractivity contribution in [3.05, 3.63) is 65.5 Å². The highest BCUT2D eigenvalue weighted by atomic mass is 16.5. The molecule has 0 N–H and O–H groups in total. The Labute approximate surface area is 153 Å². The smallest absolute Gasteiger partial charge is 0.167 e. The lowest BCUT2D eigenvalue weighted by molar-refractivity contribution is -0.0872. The summed E-state index contributed by atoms with van der Waals surface area (Å²) in [6.45, 7) is 2.24. The fourth-order valence-corrected chi connectivity index (χ4v) is 4.13. The lowest BCUT2D eigenvalue weighted by atomic mass is 9.80. The third kappa shape index (κ3) is 3.39. The van der Waals surface area contributed by atoms with Crippen molar-refractivity contribution in [2.75, 3.05) is 13.2 Å². The van der Waals surface area contributed by atoms with E-state index in [4.69, 9.17) is 10.00 Å². The fourth-order valence-electron chi connectivity index (χ4n) is 4.13. The number of carbonyl (C=O) groups excluding carboxylic acids is 1. The largest absolute Gasteiger partial charge is 0.378 e. The van der Waals surface area contributed by atoms with E-state index in [2.05, 4.69) is 40.2 Å². The summed E-state index contributed by atoms with van der Waals surface area (Å²) < 4.78 is 5.77. The number of ketones is 1. The van der Waals surface area contributed by atoms with E-state index < -0.39 is 0 Å². The standard InChI is InChI=1S/C21H21N3O2/c22-9-16-6-18(11-23-10-16)21(25)17-7-19-13-26-14-20(8-17)24(19)12-15-4-2-1-3-5-15/h1-6,10-11,17,19-20H,7-8,12-14H2. The van der Waals surface area contributed by atoms with Crippen LogP contribution in [0.25, 0.3) is 0 Å². The summed E-state index contributed by atoms with van der Waals surface area (Å²) in [4.78, 5) is 19.5. The molecule has 2 fully saturated rings. The Bertz CT molecular complexity index is 817. The zero-order chi connectivity index (χ0) is 17.9. The zero-order valence-electron chi connectivity index (χ0n) is 14.5. The van der Waals surface area contributed by atoms with Crippen molar-refractivity contribution in [1.29, 1.82) is 5.26 Å². The Morgan fingerprint density at radius 3 is 2.62 bits per heavy atom. The third-order valence-corrected chi connectivity index (χ3v) is 5.40. The first-order chi connectivity index (χ1) is 12.7. The average Bonchev–Trinajstić information content (AvgIpc) is 2.68. The molecule has 2 saturated heterocycles. The zero-order valence-corrected chi connectivity index (χ0v) is 14.5. The molecule has 2 aromatic rings. The first-order valence-corrected chi connectivity index (χ1v) is 9.01. The van der Waals surface area contributed by atoms with Crippen LogP contribution in [0.3, 0.4) is 0 Å². The SMILES string of the molecule is N#Cc1cncc(C(=O)C2CC3COCC(C2)N3Cc2ccccc2)c1. The van der Waals surface area contributed by atoms with Crippen molar-refractivity contribution in [3.63, 3.8) is 0 Å². The number of pyridine rings is 1. The molecular formula is C21H21N3O2. The number of carbonyl (C=O) groups is 1. The van der Waals surface area contributed by atoms with Gasteiger partial charge in [-0.1, -0.05) is 30.3 Å². The summed E-state index contributed by atoms with van der Waals surface area (Å²) in [5.74, 6) is 0.0718.